The molecule has 3 heterocycles. The van der Waals surface area contributed by atoms with Crippen molar-refractivity contribution in [1.29, 1.82) is 0 Å². The standard InChI is InChI=1S/C15H19N9O2S/c1-3-23(4-2)9-11-12(15(25)19-17-8-10-6-5-7-27-10)18-22-24(11)14-13(16)20-26-21-14/h5-8H,3-4,9H2,1-2H3,(H2,16,20)(H,19,25)/b17-8+. The van der Waals surface area contributed by atoms with Crippen molar-refractivity contribution in [2.45, 2.75) is 20.4 Å². The highest BCUT2D eigenvalue weighted by molar-refractivity contribution is 7.11. The predicted octanol–water partition coefficient (Wildman–Crippen LogP) is 0.900. The van der Waals surface area contributed by atoms with E-state index in [-0.39, 0.29) is 17.3 Å². The largest absolute Gasteiger partial charge is 0.378 e. The van der Waals surface area contributed by atoms with Gasteiger partial charge in [-0.25, -0.2) is 10.1 Å². The first-order chi connectivity index (χ1) is 13.1. The van der Waals surface area contributed by atoms with Crippen molar-refractivity contribution in [3.63, 3.8) is 0 Å². The van der Waals surface area contributed by atoms with Crippen LogP contribution in [0.2, 0.25) is 0 Å². The highest BCUT2D eigenvalue weighted by Gasteiger charge is 2.24. The second kappa shape index (κ2) is 8.51. The number of carbonyl (C=O) groups excluding carboxylic acids is 1. The van der Waals surface area contributed by atoms with Gasteiger partial charge >= 0.3 is 0 Å². The molecule has 142 valence electrons. The maximum atomic E-state index is 12.6. The molecule has 3 aromatic heterocycles. The summed E-state index contributed by atoms with van der Waals surface area (Å²) in [6.07, 6.45) is 1.57. The Balaban J connectivity index is 1.88. The lowest BCUT2D eigenvalue weighted by Gasteiger charge is -2.18. The molecule has 0 bridgehead atoms. The average molecular weight is 389 g/mol. The van der Waals surface area contributed by atoms with E-state index in [1.54, 1.807) is 6.21 Å². The van der Waals surface area contributed by atoms with E-state index in [1.807, 2.05) is 31.4 Å². The van der Waals surface area contributed by atoms with Gasteiger partial charge in [0.15, 0.2) is 5.69 Å². The third-order valence-electron chi connectivity index (χ3n) is 3.84. The van der Waals surface area contributed by atoms with Crippen molar-refractivity contribution < 1.29 is 9.42 Å². The molecule has 0 aliphatic carbocycles. The van der Waals surface area contributed by atoms with Crippen molar-refractivity contribution in [1.82, 2.24) is 35.6 Å². The number of aromatic nitrogens is 5. The van der Waals surface area contributed by atoms with E-state index in [1.165, 1.54) is 16.0 Å². The van der Waals surface area contributed by atoms with Crippen molar-refractivity contribution >= 4 is 29.3 Å². The van der Waals surface area contributed by atoms with Crippen LogP contribution in [0.1, 0.15) is 34.9 Å². The van der Waals surface area contributed by atoms with Gasteiger partial charge < -0.3 is 5.73 Å². The zero-order valence-electron chi connectivity index (χ0n) is 14.9. The van der Waals surface area contributed by atoms with Gasteiger partial charge in [-0.2, -0.15) is 9.78 Å². The summed E-state index contributed by atoms with van der Waals surface area (Å²) < 4.78 is 6.00. The molecule has 11 nitrogen and oxygen atoms in total. The Morgan fingerprint density at radius 2 is 2.26 bits per heavy atom. The normalized spacial score (nSPS) is 11.5. The fourth-order valence-electron chi connectivity index (χ4n) is 2.36. The van der Waals surface area contributed by atoms with Crippen LogP contribution in [0.5, 0.6) is 0 Å². The molecule has 0 saturated heterocycles. The molecule has 0 atom stereocenters. The number of hydrogen-bond donors (Lipinski definition) is 2. The summed E-state index contributed by atoms with van der Waals surface area (Å²) in [5, 5.41) is 21.2. The van der Waals surface area contributed by atoms with E-state index < -0.39 is 5.91 Å². The third kappa shape index (κ3) is 4.17. The Kier molecular flexibility index (Phi) is 5.88. The molecule has 0 aromatic carbocycles. The van der Waals surface area contributed by atoms with E-state index in [0.717, 1.165) is 18.0 Å². The molecular weight excluding hydrogens is 370 g/mol. The smallest absolute Gasteiger partial charge is 0.293 e. The van der Waals surface area contributed by atoms with Crippen LogP contribution in [0.4, 0.5) is 5.82 Å². The highest BCUT2D eigenvalue weighted by atomic mass is 32.1. The molecular formula is C15H19N9O2S. The zero-order chi connectivity index (χ0) is 19.2. The molecule has 3 N–H and O–H groups in total. The summed E-state index contributed by atoms with van der Waals surface area (Å²) >= 11 is 1.51. The summed E-state index contributed by atoms with van der Waals surface area (Å²) in [5.74, 6) is -0.236. The summed E-state index contributed by atoms with van der Waals surface area (Å²) in [4.78, 5) is 15.6. The van der Waals surface area contributed by atoms with Crippen molar-refractivity contribution in [3.05, 3.63) is 33.8 Å². The lowest BCUT2D eigenvalue weighted by atomic mass is 10.2. The topological polar surface area (TPSA) is 140 Å². The maximum Gasteiger partial charge on any atom is 0.293 e. The molecule has 0 aliphatic rings. The Labute approximate surface area is 158 Å². The van der Waals surface area contributed by atoms with Crippen LogP contribution >= 0.6 is 11.3 Å². The third-order valence-corrected chi connectivity index (χ3v) is 4.65. The molecule has 27 heavy (non-hydrogen) atoms. The number of carbonyl (C=O) groups is 1. The van der Waals surface area contributed by atoms with Gasteiger partial charge in [0.25, 0.3) is 5.91 Å². The van der Waals surface area contributed by atoms with Crippen LogP contribution in [-0.2, 0) is 6.54 Å². The molecule has 0 saturated carbocycles. The Bertz CT molecular complexity index is 912. The van der Waals surface area contributed by atoms with Crippen LogP contribution in [0.15, 0.2) is 27.2 Å². The van der Waals surface area contributed by atoms with Gasteiger partial charge in [-0.3, -0.25) is 9.69 Å². The Hall–Kier alpha value is -3.12. The molecule has 3 rings (SSSR count). The van der Waals surface area contributed by atoms with Crippen LogP contribution in [0, 0.1) is 0 Å². The van der Waals surface area contributed by atoms with Crippen LogP contribution in [-0.4, -0.2) is 55.4 Å². The number of hydrogen-bond acceptors (Lipinski definition) is 10. The number of nitrogens with two attached hydrogens (primary N) is 1. The van der Waals surface area contributed by atoms with Crippen LogP contribution < -0.4 is 11.2 Å². The van der Waals surface area contributed by atoms with E-state index in [4.69, 9.17) is 5.73 Å². The number of nitrogen functional groups attached to an aromatic ring is 1. The number of hydrazone groups is 1. The Morgan fingerprint density at radius 3 is 2.89 bits per heavy atom. The van der Waals surface area contributed by atoms with Crippen molar-refractivity contribution in [2.24, 2.45) is 5.10 Å². The van der Waals surface area contributed by atoms with Crippen molar-refractivity contribution in [3.8, 4) is 5.82 Å². The van der Waals surface area contributed by atoms with Gasteiger partial charge in [-0.1, -0.05) is 25.1 Å². The minimum atomic E-state index is -0.480. The maximum absolute atomic E-state index is 12.6. The van der Waals surface area contributed by atoms with E-state index in [9.17, 15) is 4.79 Å². The molecule has 0 radical (unpaired) electrons. The molecule has 1 amide bonds. The number of nitrogens with zero attached hydrogens (tertiary/aromatic N) is 7. The first-order valence-electron chi connectivity index (χ1n) is 8.26. The molecule has 0 unspecified atom stereocenters. The van der Waals surface area contributed by atoms with Gasteiger partial charge in [0.2, 0.25) is 11.6 Å². The lowest BCUT2D eigenvalue weighted by molar-refractivity contribution is 0.0948. The summed E-state index contributed by atoms with van der Waals surface area (Å²) in [5.41, 5.74) is 8.89. The molecule has 0 fully saturated rings. The van der Waals surface area contributed by atoms with E-state index in [2.05, 4.69) is 40.7 Å². The average Bonchev–Trinajstić information content (AvgIpc) is 3.40. The summed E-state index contributed by atoms with van der Waals surface area (Å²) in [6.45, 7) is 6.03. The molecule has 0 spiro atoms. The summed E-state index contributed by atoms with van der Waals surface area (Å²) in [6, 6.07) is 3.79. The molecule has 12 heteroatoms. The minimum Gasteiger partial charge on any atom is -0.378 e. The van der Waals surface area contributed by atoms with Gasteiger partial charge in [0.1, 0.15) is 0 Å². The predicted molar refractivity (Wildman–Crippen MR) is 99.6 cm³/mol. The monoisotopic (exact) mass is 389 g/mol. The first kappa shape index (κ1) is 18.7. The van der Waals surface area contributed by atoms with Crippen molar-refractivity contribution in [2.75, 3.05) is 18.8 Å². The van der Waals surface area contributed by atoms with Crippen LogP contribution in [0.25, 0.3) is 5.82 Å². The van der Waals surface area contributed by atoms with E-state index >= 15 is 0 Å². The zero-order valence-corrected chi connectivity index (χ0v) is 15.7. The van der Waals surface area contributed by atoms with Gasteiger partial charge in [-0.05, 0) is 34.8 Å². The fourth-order valence-corrected chi connectivity index (χ4v) is 2.94. The van der Waals surface area contributed by atoms with E-state index in [0.29, 0.717) is 12.2 Å². The number of rotatable bonds is 8. The van der Waals surface area contributed by atoms with Crippen LogP contribution in [0.3, 0.4) is 0 Å². The number of amides is 1. The first-order valence-corrected chi connectivity index (χ1v) is 9.14. The second-order valence-corrected chi connectivity index (χ2v) is 6.42. The minimum absolute atomic E-state index is 0.0587. The molecule has 0 aliphatic heterocycles. The van der Waals surface area contributed by atoms with Gasteiger partial charge in [-0.15, -0.1) is 16.4 Å². The quantitative estimate of drug-likeness (QED) is 0.428. The van der Waals surface area contributed by atoms with Gasteiger partial charge in [0.05, 0.1) is 11.9 Å². The number of nitrogens with one attached hydrogen (secondary N) is 1. The number of thiophene rings is 1. The number of anilines is 1. The SMILES string of the molecule is CCN(CC)Cc1c(C(=O)N/N=C/c2cccs2)nnn1-c1nonc1N. The highest BCUT2D eigenvalue weighted by Crippen LogP contribution is 2.17. The van der Waals surface area contributed by atoms with Gasteiger partial charge in [0, 0.05) is 11.4 Å². The fraction of sp³-hybridized carbons (Fsp3) is 0.333. The second-order valence-electron chi connectivity index (χ2n) is 5.45. The lowest BCUT2D eigenvalue weighted by Crippen LogP contribution is -2.27. The summed E-state index contributed by atoms with van der Waals surface area (Å²) in [7, 11) is 0. The molecule has 3 aromatic rings. The Morgan fingerprint density at radius 1 is 1.44 bits per heavy atom.